The van der Waals surface area contributed by atoms with Gasteiger partial charge in [0.15, 0.2) is 0 Å². The molecular formula is C17H21BrN2O5. The number of carbonyl (C=O) groups is 3. The van der Waals surface area contributed by atoms with Crippen molar-refractivity contribution in [1.82, 2.24) is 9.80 Å². The van der Waals surface area contributed by atoms with Gasteiger partial charge in [0.2, 0.25) is 11.8 Å². The van der Waals surface area contributed by atoms with Crippen LogP contribution in [-0.2, 0) is 14.4 Å². The number of rotatable bonds is 6. The van der Waals surface area contributed by atoms with E-state index in [1.54, 1.807) is 4.90 Å². The van der Waals surface area contributed by atoms with Gasteiger partial charge >= 0.3 is 5.97 Å². The van der Waals surface area contributed by atoms with Crippen LogP contribution < -0.4 is 4.74 Å². The summed E-state index contributed by atoms with van der Waals surface area (Å²) in [4.78, 5) is 37.6. The van der Waals surface area contributed by atoms with Gasteiger partial charge in [-0.15, -0.1) is 0 Å². The molecule has 1 fully saturated rings. The lowest BCUT2D eigenvalue weighted by atomic mass is 10.2. The third kappa shape index (κ3) is 5.74. The molecule has 7 nitrogen and oxygen atoms in total. The van der Waals surface area contributed by atoms with E-state index in [1.807, 2.05) is 25.1 Å². The van der Waals surface area contributed by atoms with Crippen LogP contribution in [0.15, 0.2) is 22.7 Å². The molecular weight excluding hydrogens is 392 g/mol. The second-order valence-corrected chi connectivity index (χ2v) is 6.72. The van der Waals surface area contributed by atoms with E-state index >= 15 is 0 Å². The van der Waals surface area contributed by atoms with Crippen molar-refractivity contribution in [3.05, 3.63) is 28.2 Å². The number of ether oxygens (including phenoxy) is 1. The molecule has 0 unspecified atom stereocenters. The molecule has 25 heavy (non-hydrogen) atoms. The average Bonchev–Trinajstić information content (AvgIpc) is 2.56. The van der Waals surface area contributed by atoms with Crippen LogP contribution in [0.4, 0.5) is 0 Å². The van der Waals surface area contributed by atoms with E-state index in [0.29, 0.717) is 31.9 Å². The van der Waals surface area contributed by atoms with E-state index in [-0.39, 0.29) is 18.9 Å². The van der Waals surface area contributed by atoms with E-state index in [4.69, 9.17) is 9.84 Å². The molecule has 8 heteroatoms. The summed E-state index contributed by atoms with van der Waals surface area (Å²) in [6.45, 7) is 3.82. The molecule has 0 bridgehead atoms. The van der Waals surface area contributed by atoms with Gasteiger partial charge < -0.3 is 19.6 Å². The fourth-order valence-corrected chi connectivity index (χ4v) is 3.18. The first-order valence-corrected chi connectivity index (χ1v) is 8.82. The lowest BCUT2D eigenvalue weighted by molar-refractivity contribution is -0.147. The van der Waals surface area contributed by atoms with Crippen LogP contribution in [0.2, 0.25) is 0 Å². The highest BCUT2D eigenvalue weighted by atomic mass is 79.9. The van der Waals surface area contributed by atoms with Gasteiger partial charge in [0, 0.05) is 26.2 Å². The number of aryl methyl sites for hydroxylation is 1. The zero-order chi connectivity index (χ0) is 18.4. The minimum absolute atomic E-state index is 0.0337. The fraction of sp³-hybridized carbons (Fsp3) is 0.471. The summed E-state index contributed by atoms with van der Waals surface area (Å²) in [6, 6.07) is 5.75. The smallest absolute Gasteiger partial charge is 0.312 e. The molecule has 0 aromatic heterocycles. The van der Waals surface area contributed by atoms with Gasteiger partial charge in [0.05, 0.1) is 17.5 Å². The highest BCUT2D eigenvalue weighted by Gasteiger charge is 2.24. The molecule has 0 atom stereocenters. The number of benzene rings is 1. The Kier molecular flexibility index (Phi) is 6.81. The second-order valence-electron chi connectivity index (χ2n) is 5.86. The summed E-state index contributed by atoms with van der Waals surface area (Å²) in [5, 5.41) is 8.65. The number of amides is 2. The van der Waals surface area contributed by atoms with Crippen LogP contribution in [0.1, 0.15) is 18.4 Å². The number of hydrogen-bond donors (Lipinski definition) is 1. The Morgan fingerprint density at radius 2 is 1.72 bits per heavy atom. The van der Waals surface area contributed by atoms with E-state index in [9.17, 15) is 14.4 Å². The Bertz CT molecular complexity index is 656. The molecule has 1 aromatic rings. The van der Waals surface area contributed by atoms with Crippen molar-refractivity contribution >= 4 is 33.7 Å². The molecule has 136 valence electrons. The number of hydrogen-bond acceptors (Lipinski definition) is 4. The summed E-state index contributed by atoms with van der Waals surface area (Å²) < 4.78 is 6.48. The van der Waals surface area contributed by atoms with Crippen LogP contribution in [0.25, 0.3) is 0 Å². The molecule has 0 aliphatic carbocycles. The number of carboxylic acids is 1. The standard InChI is InChI=1S/C17H21BrN2O5/c1-12-2-3-14(13(18)10-12)25-9-4-15(21)19-5-7-20(8-6-19)16(22)11-17(23)24/h2-3,10H,4-9,11H2,1H3,(H,23,24). The van der Waals surface area contributed by atoms with Gasteiger partial charge in [-0.25, -0.2) is 0 Å². The van der Waals surface area contributed by atoms with Crippen LogP contribution in [0.3, 0.4) is 0 Å². The molecule has 1 heterocycles. The summed E-state index contributed by atoms with van der Waals surface area (Å²) in [6.07, 6.45) is -0.253. The number of halogens is 1. The van der Waals surface area contributed by atoms with Gasteiger partial charge in [0.1, 0.15) is 12.2 Å². The Morgan fingerprint density at radius 1 is 1.12 bits per heavy atom. The third-order valence-electron chi connectivity index (χ3n) is 3.95. The minimum Gasteiger partial charge on any atom is -0.492 e. The first-order valence-electron chi connectivity index (χ1n) is 8.03. The van der Waals surface area contributed by atoms with Crippen molar-refractivity contribution in [2.45, 2.75) is 19.8 Å². The average molecular weight is 413 g/mol. The fourth-order valence-electron chi connectivity index (χ4n) is 2.58. The number of carboxylic acid groups (broad SMARTS) is 1. The SMILES string of the molecule is Cc1ccc(OCCC(=O)N2CCN(C(=O)CC(=O)O)CC2)c(Br)c1. The maximum atomic E-state index is 12.2. The van der Waals surface area contributed by atoms with Crippen molar-refractivity contribution in [3.8, 4) is 5.75 Å². The van der Waals surface area contributed by atoms with Gasteiger partial charge in [-0.05, 0) is 40.5 Å². The number of nitrogens with zero attached hydrogens (tertiary/aromatic N) is 2. The summed E-state index contributed by atoms with van der Waals surface area (Å²) in [5.41, 5.74) is 1.12. The van der Waals surface area contributed by atoms with Gasteiger partial charge in [-0.2, -0.15) is 0 Å². The first-order chi connectivity index (χ1) is 11.9. The summed E-state index contributed by atoms with van der Waals surface area (Å²) >= 11 is 3.43. The Balaban J connectivity index is 1.73. The van der Waals surface area contributed by atoms with E-state index < -0.39 is 18.3 Å². The summed E-state index contributed by atoms with van der Waals surface area (Å²) in [5.74, 6) is -0.883. The molecule has 0 radical (unpaired) electrons. The molecule has 1 aliphatic heterocycles. The molecule has 2 rings (SSSR count). The van der Waals surface area contributed by atoms with Crippen molar-refractivity contribution in [2.75, 3.05) is 32.8 Å². The topological polar surface area (TPSA) is 87.2 Å². The zero-order valence-corrected chi connectivity index (χ0v) is 15.6. The molecule has 0 spiro atoms. The first kappa shape index (κ1) is 19.2. The molecule has 1 aliphatic rings. The van der Waals surface area contributed by atoms with Crippen LogP contribution in [-0.4, -0.2) is 65.5 Å². The number of piperazine rings is 1. The van der Waals surface area contributed by atoms with Gasteiger partial charge in [-0.1, -0.05) is 6.07 Å². The minimum atomic E-state index is -1.14. The maximum Gasteiger partial charge on any atom is 0.312 e. The number of carbonyl (C=O) groups excluding carboxylic acids is 2. The van der Waals surface area contributed by atoms with E-state index in [2.05, 4.69) is 15.9 Å². The quantitative estimate of drug-likeness (QED) is 0.718. The molecule has 0 saturated carbocycles. The Labute approximate surface area is 154 Å². The van der Waals surface area contributed by atoms with Crippen LogP contribution in [0.5, 0.6) is 5.75 Å². The van der Waals surface area contributed by atoms with Gasteiger partial charge in [-0.3, -0.25) is 14.4 Å². The molecule has 1 N–H and O–H groups in total. The molecule has 2 amide bonds. The maximum absolute atomic E-state index is 12.2. The molecule has 1 saturated heterocycles. The lowest BCUT2D eigenvalue weighted by Gasteiger charge is -2.34. The van der Waals surface area contributed by atoms with Crippen LogP contribution in [0, 0.1) is 6.92 Å². The van der Waals surface area contributed by atoms with Crippen molar-refractivity contribution in [2.24, 2.45) is 0 Å². The van der Waals surface area contributed by atoms with Crippen LogP contribution >= 0.6 is 15.9 Å². The van der Waals surface area contributed by atoms with Crippen molar-refractivity contribution in [3.63, 3.8) is 0 Å². The predicted octanol–water partition coefficient (Wildman–Crippen LogP) is 1.67. The lowest BCUT2D eigenvalue weighted by Crippen LogP contribution is -2.51. The van der Waals surface area contributed by atoms with E-state index in [0.717, 1.165) is 10.0 Å². The van der Waals surface area contributed by atoms with Gasteiger partial charge in [0.25, 0.3) is 0 Å². The monoisotopic (exact) mass is 412 g/mol. The zero-order valence-electron chi connectivity index (χ0n) is 14.0. The highest BCUT2D eigenvalue weighted by molar-refractivity contribution is 9.10. The predicted molar refractivity (Wildman–Crippen MR) is 94.4 cm³/mol. The number of aliphatic carboxylic acids is 1. The largest absolute Gasteiger partial charge is 0.492 e. The highest BCUT2D eigenvalue weighted by Crippen LogP contribution is 2.25. The molecule has 1 aromatic carbocycles. The van der Waals surface area contributed by atoms with Crippen molar-refractivity contribution < 1.29 is 24.2 Å². The third-order valence-corrected chi connectivity index (χ3v) is 4.57. The second kappa shape index (κ2) is 8.84. The Morgan fingerprint density at radius 3 is 2.28 bits per heavy atom. The van der Waals surface area contributed by atoms with E-state index in [1.165, 1.54) is 4.90 Å². The van der Waals surface area contributed by atoms with Crippen molar-refractivity contribution in [1.29, 1.82) is 0 Å². The Hall–Kier alpha value is -2.09. The normalized spacial score (nSPS) is 14.3. The summed E-state index contributed by atoms with van der Waals surface area (Å²) in [7, 11) is 0.